The second kappa shape index (κ2) is 4.31. The second-order valence-electron chi connectivity index (χ2n) is 4.00. The molecule has 3 rings (SSSR count). The number of fused-ring (bicyclic) bond motifs is 1. The molecule has 4 nitrogen and oxygen atoms in total. The second-order valence-corrected chi connectivity index (χ2v) is 4.43. The predicted octanol–water partition coefficient (Wildman–Crippen LogP) is 2.20. The molecular weight excluding hydrogens is 250 g/mol. The summed E-state index contributed by atoms with van der Waals surface area (Å²) < 4.78 is 2.97. The van der Waals surface area contributed by atoms with Crippen LogP contribution >= 0.6 is 11.6 Å². The number of aromatic nitrogens is 3. The minimum atomic E-state index is -0.138. The van der Waals surface area contributed by atoms with Gasteiger partial charge in [0.05, 0.1) is 6.54 Å². The van der Waals surface area contributed by atoms with Crippen molar-refractivity contribution in [2.75, 3.05) is 0 Å². The minimum absolute atomic E-state index is 0.138. The third-order valence-electron chi connectivity index (χ3n) is 2.73. The van der Waals surface area contributed by atoms with E-state index in [1.165, 1.54) is 9.08 Å². The van der Waals surface area contributed by atoms with Crippen molar-refractivity contribution in [1.82, 2.24) is 14.2 Å². The first-order chi connectivity index (χ1) is 8.74. The fourth-order valence-corrected chi connectivity index (χ4v) is 1.96. The van der Waals surface area contributed by atoms with Crippen LogP contribution in [0.4, 0.5) is 0 Å². The van der Waals surface area contributed by atoms with E-state index in [1.807, 2.05) is 24.3 Å². The molecule has 0 atom stereocenters. The van der Waals surface area contributed by atoms with Crippen LogP contribution in [0.5, 0.6) is 0 Å². The maximum absolute atomic E-state index is 12.0. The molecule has 0 unspecified atom stereocenters. The Morgan fingerprint density at radius 2 is 1.89 bits per heavy atom. The predicted molar refractivity (Wildman–Crippen MR) is 70.0 cm³/mol. The van der Waals surface area contributed by atoms with E-state index in [9.17, 15) is 4.79 Å². The number of pyridine rings is 1. The van der Waals surface area contributed by atoms with Crippen LogP contribution in [0.15, 0.2) is 53.5 Å². The van der Waals surface area contributed by atoms with Gasteiger partial charge in [-0.2, -0.15) is 0 Å². The highest BCUT2D eigenvalue weighted by Gasteiger charge is 2.05. The van der Waals surface area contributed by atoms with Crippen LogP contribution in [0.3, 0.4) is 0 Å². The molecule has 0 amide bonds. The molecule has 0 radical (unpaired) electrons. The van der Waals surface area contributed by atoms with Crippen LogP contribution < -0.4 is 5.69 Å². The summed E-state index contributed by atoms with van der Waals surface area (Å²) in [6.07, 6.45) is 1.71. The molecule has 0 saturated heterocycles. The average molecular weight is 260 g/mol. The van der Waals surface area contributed by atoms with Crippen molar-refractivity contribution in [2.24, 2.45) is 0 Å². The average Bonchev–Trinajstić information content (AvgIpc) is 2.70. The lowest BCUT2D eigenvalue weighted by Gasteiger charge is -1.99. The van der Waals surface area contributed by atoms with Gasteiger partial charge in [-0.3, -0.25) is 4.40 Å². The monoisotopic (exact) mass is 259 g/mol. The van der Waals surface area contributed by atoms with Crippen LogP contribution in [0.2, 0.25) is 5.02 Å². The summed E-state index contributed by atoms with van der Waals surface area (Å²) >= 11 is 5.82. The molecule has 18 heavy (non-hydrogen) atoms. The Labute approximate surface area is 108 Å². The van der Waals surface area contributed by atoms with Gasteiger partial charge in [-0.25, -0.2) is 9.48 Å². The van der Waals surface area contributed by atoms with Gasteiger partial charge in [-0.05, 0) is 29.8 Å². The van der Waals surface area contributed by atoms with E-state index in [1.54, 1.807) is 24.4 Å². The fraction of sp³-hybridized carbons (Fsp3) is 0.0769. The molecule has 0 spiro atoms. The summed E-state index contributed by atoms with van der Waals surface area (Å²) in [5, 5.41) is 4.95. The summed E-state index contributed by atoms with van der Waals surface area (Å²) in [4.78, 5) is 12.0. The Morgan fingerprint density at radius 3 is 2.61 bits per heavy atom. The maximum atomic E-state index is 12.0. The van der Waals surface area contributed by atoms with Gasteiger partial charge < -0.3 is 0 Å². The van der Waals surface area contributed by atoms with E-state index in [0.717, 1.165) is 5.56 Å². The standard InChI is InChI=1S/C13H10ClN3O/c14-11-6-4-10(5-7-11)9-17-13(18)16-8-2-1-3-12(16)15-17/h1-8H,9H2. The highest BCUT2D eigenvalue weighted by atomic mass is 35.5. The molecule has 90 valence electrons. The van der Waals surface area contributed by atoms with Crippen LogP contribution in [-0.4, -0.2) is 14.2 Å². The lowest BCUT2D eigenvalue weighted by atomic mass is 10.2. The number of halogens is 1. The third-order valence-corrected chi connectivity index (χ3v) is 2.99. The molecule has 1 aromatic carbocycles. The van der Waals surface area contributed by atoms with Crippen molar-refractivity contribution in [3.05, 3.63) is 69.7 Å². The van der Waals surface area contributed by atoms with Crippen LogP contribution in [0, 0.1) is 0 Å². The highest BCUT2D eigenvalue weighted by Crippen LogP contribution is 2.10. The Morgan fingerprint density at radius 1 is 1.11 bits per heavy atom. The largest absolute Gasteiger partial charge is 0.350 e. The molecule has 5 heteroatoms. The first kappa shape index (κ1) is 11.0. The number of hydrogen-bond donors (Lipinski definition) is 0. The summed E-state index contributed by atoms with van der Waals surface area (Å²) in [6, 6.07) is 12.9. The molecule has 0 aliphatic carbocycles. The van der Waals surface area contributed by atoms with E-state index in [-0.39, 0.29) is 5.69 Å². The van der Waals surface area contributed by atoms with Crippen molar-refractivity contribution in [3.8, 4) is 0 Å². The van der Waals surface area contributed by atoms with E-state index >= 15 is 0 Å². The molecule has 2 aromatic heterocycles. The van der Waals surface area contributed by atoms with Crippen molar-refractivity contribution >= 4 is 17.2 Å². The molecule has 3 aromatic rings. The quantitative estimate of drug-likeness (QED) is 0.708. The summed E-state index contributed by atoms with van der Waals surface area (Å²) in [5.74, 6) is 0. The van der Waals surface area contributed by atoms with Crippen LogP contribution in [0.25, 0.3) is 5.65 Å². The maximum Gasteiger partial charge on any atom is 0.350 e. The van der Waals surface area contributed by atoms with Gasteiger partial charge in [0.25, 0.3) is 0 Å². The van der Waals surface area contributed by atoms with Crippen molar-refractivity contribution in [1.29, 1.82) is 0 Å². The van der Waals surface area contributed by atoms with Gasteiger partial charge >= 0.3 is 5.69 Å². The van der Waals surface area contributed by atoms with E-state index in [4.69, 9.17) is 11.6 Å². The number of nitrogens with zero attached hydrogens (tertiary/aromatic N) is 3. The zero-order valence-electron chi connectivity index (χ0n) is 9.45. The van der Waals surface area contributed by atoms with Crippen LogP contribution in [0.1, 0.15) is 5.56 Å². The SMILES string of the molecule is O=c1n(Cc2ccc(Cl)cc2)nc2ccccn12. The number of hydrogen-bond acceptors (Lipinski definition) is 2. The van der Waals surface area contributed by atoms with E-state index < -0.39 is 0 Å². The van der Waals surface area contributed by atoms with Gasteiger partial charge in [-0.1, -0.05) is 29.8 Å². The van der Waals surface area contributed by atoms with Gasteiger partial charge in [-0.15, -0.1) is 5.10 Å². The summed E-state index contributed by atoms with van der Waals surface area (Å²) in [5.41, 5.74) is 1.50. The summed E-state index contributed by atoms with van der Waals surface area (Å²) in [7, 11) is 0. The van der Waals surface area contributed by atoms with Gasteiger partial charge in [0.1, 0.15) is 0 Å². The highest BCUT2D eigenvalue weighted by molar-refractivity contribution is 6.30. The molecule has 0 bridgehead atoms. The van der Waals surface area contributed by atoms with Gasteiger partial charge in [0.15, 0.2) is 5.65 Å². The Kier molecular flexibility index (Phi) is 2.64. The third kappa shape index (κ3) is 1.91. The Balaban J connectivity index is 2.02. The minimum Gasteiger partial charge on any atom is -0.250 e. The van der Waals surface area contributed by atoms with E-state index in [2.05, 4.69) is 5.10 Å². The van der Waals surface area contributed by atoms with E-state index in [0.29, 0.717) is 17.2 Å². The van der Waals surface area contributed by atoms with Crippen molar-refractivity contribution in [2.45, 2.75) is 6.54 Å². The normalized spacial score (nSPS) is 10.9. The lowest BCUT2D eigenvalue weighted by Crippen LogP contribution is -2.21. The molecule has 0 fully saturated rings. The summed E-state index contributed by atoms with van der Waals surface area (Å²) in [6.45, 7) is 0.442. The zero-order chi connectivity index (χ0) is 12.5. The Hall–Kier alpha value is -2.07. The van der Waals surface area contributed by atoms with Crippen molar-refractivity contribution in [3.63, 3.8) is 0 Å². The topological polar surface area (TPSA) is 39.3 Å². The first-order valence-electron chi connectivity index (χ1n) is 5.53. The lowest BCUT2D eigenvalue weighted by molar-refractivity contribution is 0.659. The molecule has 0 aliphatic rings. The molecule has 2 heterocycles. The number of benzene rings is 1. The molecular formula is C13H10ClN3O. The molecule has 0 saturated carbocycles. The van der Waals surface area contributed by atoms with Gasteiger partial charge in [0, 0.05) is 11.2 Å². The molecule has 0 aliphatic heterocycles. The van der Waals surface area contributed by atoms with Crippen LogP contribution in [-0.2, 0) is 6.54 Å². The molecule has 0 N–H and O–H groups in total. The van der Waals surface area contributed by atoms with Crippen molar-refractivity contribution < 1.29 is 0 Å². The zero-order valence-corrected chi connectivity index (χ0v) is 10.2. The number of rotatable bonds is 2. The first-order valence-corrected chi connectivity index (χ1v) is 5.90. The smallest absolute Gasteiger partial charge is 0.250 e. The Bertz CT molecular complexity index is 743. The van der Waals surface area contributed by atoms with Gasteiger partial charge in [0.2, 0.25) is 0 Å². The fourth-order valence-electron chi connectivity index (χ4n) is 1.83.